The number of nitrogens with zero attached hydrogens (tertiary/aromatic N) is 2. The molecule has 0 spiro atoms. The molecule has 1 fully saturated rings. The lowest BCUT2D eigenvalue weighted by atomic mass is 9.93. The number of aromatic nitrogens is 2. The van der Waals surface area contributed by atoms with E-state index in [0.29, 0.717) is 26.1 Å². The van der Waals surface area contributed by atoms with E-state index in [1.165, 1.54) is 16.9 Å². The molecule has 2 heterocycles. The molecule has 1 saturated heterocycles. The Bertz CT molecular complexity index is 505. The maximum atomic E-state index is 12.2. The summed E-state index contributed by atoms with van der Waals surface area (Å²) in [6.45, 7) is 0.635. The average Bonchev–Trinajstić information content (AvgIpc) is 2.77. The lowest BCUT2D eigenvalue weighted by Crippen LogP contribution is -2.54. The monoisotopic (exact) mass is 275 g/mol. The Labute approximate surface area is 106 Å². The van der Waals surface area contributed by atoms with Crippen molar-refractivity contribution in [2.75, 3.05) is 19.8 Å². The highest BCUT2D eigenvalue weighted by atomic mass is 32.2. The Morgan fingerprint density at radius 1 is 1.56 bits per heavy atom. The van der Waals surface area contributed by atoms with Crippen molar-refractivity contribution in [1.29, 1.82) is 0 Å². The van der Waals surface area contributed by atoms with Crippen LogP contribution >= 0.6 is 0 Å². The van der Waals surface area contributed by atoms with Crippen molar-refractivity contribution in [2.24, 2.45) is 7.05 Å². The minimum Gasteiger partial charge on any atom is -0.394 e. The second-order valence-electron chi connectivity index (χ2n) is 4.45. The van der Waals surface area contributed by atoms with E-state index in [-0.39, 0.29) is 11.6 Å². The molecule has 0 saturated carbocycles. The number of aliphatic hydroxyl groups excluding tert-OH is 1. The third-order valence-electron chi connectivity index (χ3n) is 3.15. The molecule has 2 N–H and O–H groups in total. The molecule has 0 radical (unpaired) electrons. The van der Waals surface area contributed by atoms with E-state index < -0.39 is 15.6 Å². The van der Waals surface area contributed by atoms with Crippen LogP contribution in [0.1, 0.15) is 12.8 Å². The number of nitrogens with one attached hydrogen (secondary N) is 1. The summed E-state index contributed by atoms with van der Waals surface area (Å²) in [5, 5.41) is 13.4. The van der Waals surface area contributed by atoms with E-state index in [2.05, 4.69) is 9.82 Å². The first-order valence-corrected chi connectivity index (χ1v) is 7.18. The van der Waals surface area contributed by atoms with E-state index >= 15 is 0 Å². The second-order valence-corrected chi connectivity index (χ2v) is 6.08. The number of hydrogen-bond acceptors (Lipinski definition) is 5. The fourth-order valence-electron chi connectivity index (χ4n) is 2.02. The summed E-state index contributed by atoms with van der Waals surface area (Å²) in [4.78, 5) is 0. The average molecular weight is 275 g/mol. The quantitative estimate of drug-likeness (QED) is 0.753. The van der Waals surface area contributed by atoms with Gasteiger partial charge in [0, 0.05) is 20.3 Å². The van der Waals surface area contributed by atoms with E-state index in [1.807, 2.05) is 0 Å². The molecule has 0 aliphatic carbocycles. The zero-order valence-corrected chi connectivity index (χ0v) is 11.0. The zero-order chi connectivity index (χ0) is 13.2. The number of sulfonamides is 1. The van der Waals surface area contributed by atoms with E-state index in [4.69, 9.17) is 4.74 Å². The molecule has 8 heteroatoms. The van der Waals surface area contributed by atoms with E-state index in [1.54, 1.807) is 7.05 Å². The summed E-state index contributed by atoms with van der Waals surface area (Å²) in [6.07, 6.45) is 2.34. The van der Waals surface area contributed by atoms with Crippen molar-refractivity contribution in [1.82, 2.24) is 14.5 Å². The molecule has 1 aliphatic rings. The molecule has 0 unspecified atom stereocenters. The second kappa shape index (κ2) is 4.96. The summed E-state index contributed by atoms with van der Waals surface area (Å²) >= 11 is 0. The van der Waals surface area contributed by atoms with Crippen molar-refractivity contribution >= 4 is 10.0 Å². The largest absolute Gasteiger partial charge is 0.394 e. The minimum absolute atomic E-state index is 0.0850. The first-order valence-electron chi connectivity index (χ1n) is 5.70. The molecule has 0 aromatic carbocycles. The predicted octanol–water partition coefficient (Wildman–Crippen LogP) is -0.760. The maximum Gasteiger partial charge on any atom is 0.258 e. The molecule has 7 nitrogen and oxygen atoms in total. The van der Waals surface area contributed by atoms with Gasteiger partial charge in [-0.25, -0.2) is 13.1 Å². The van der Waals surface area contributed by atoms with Gasteiger partial charge in [-0.1, -0.05) is 0 Å². The van der Waals surface area contributed by atoms with Crippen LogP contribution in [0.25, 0.3) is 0 Å². The Balaban J connectivity index is 2.24. The number of aliphatic hydroxyl groups is 1. The van der Waals surface area contributed by atoms with E-state index in [0.717, 1.165) is 0 Å². The first-order chi connectivity index (χ1) is 8.49. The van der Waals surface area contributed by atoms with Gasteiger partial charge in [0.25, 0.3) is 10.0 Å². The summed E-state index contributed by atoms with van der Waals surface area (Å²) in [7, 11) is -2.12. The van der Waals surface area contributed by atoms with Gasteiger partial charge < -0.3 is 9.84 Å². The maximum absolute atomic E-state index is 12.2. The smallest absolute Gasteiger partial charge is 0.258 e. The molecule has 1 aliphatic heterocycles. The number of ether oxygens (including phenoxy) is 1. The first kappa shape index (κ1) is 13.5. The third-order valence-corrected chi connectivity index (χ3v) is 4.81. The molecule has 18 heavy (non-hydrogen) atoms. The normalized spacial score (nSPS) is 19.9. The molecule has 102 valence electrons. The molecule has 2 rings (SSSR count). The summed E-state index contributed by atoms with van der Waals surface area (Å²) in [5.74, 6) is 0. The van der Waals surface area contributed by atoms with Crippen LogP contribution < -0.4 is 4.72 Å². The van der Waals surface area contributed by atoms with Gasteiger partial charge in [-0.2, -0.15) is 5.10 Å². The summed E-state index contributed by atoms with van der Waals surface area (Å²) < 4.78 is 33.5. The van der Waals surface area contributed by atoms with Crippen LogP contribution in [0.15, 0.2) is 17.3 Å². The molecule has 0 bridgehead atoms. The molecule has 0 atom stereocenters. The fraction of sp³-hybridized carbons (Fsp3) is 0.700. The van der Waals surface area contributed by atoms with Gasteiger partial charge in [-0.15, -0.1) is 0 Å². The topological polar surface area (TPSA) is 93.5 Å². The van der Waals surface area contributed by atoms with Crippen LogP contribution in [0, 0.1) is 0 Å². The van der Waals surface area contributed by atoms with Gasteiger partial charge >= 0.3 is 0 Å². The zero-order valence-electron chi connectivity index (χ0n) is 10.2. The highest BCUT2D eigenvalue weighted by Crippen LogP contribution is 2.22. The Morgan fingerprint density at radius 3 is 2.72 bits per heavy atom. The van der Waals surface area contributed by atoms with Crippen LogP contribution in [0.5, 0.6) is 0 Å². The standard InChI is InChI=1S/C10H17N3O4S/c1-13-9(2-5-11-13)18(15,16)12-10(8-14)3-6-17-7-4-10/h2,5,12,14H,3-4,6-8H2,1H3. The van der Waals surface area contributed by atoms with Gasteiger partial charge in [-0.3, -0.25) is 4.68 Å². The molecule has 1 aromatic heterocycles. The highest BCUT2D eigenvalue weighted by molar-refractivity contribution is 7.89. The van der Waals surface area contributed by atoms with Crippen molar-refractivity contribution in [3.63, 3.8) is 0 Å². The highest BCUT2D eigenvalue weighted by Gasteiger charge is 2.37. The number of hydrogen-bond donors (Lipinski definition) is 2. The van der Waals surface area contributed by atoms with Crippen LogP contribution in [0.4, 0.5) is 0 Å². The molecule has 0 amide bonds. The van der Waals surface area contributed by atoms with Crippen molar-refractivity contribution in [3.8, 4) is 0 Å². The lowest BCUT2D eigenvalue weighted by molar-refractivity contribution is 0.0222. The van der Waals surface area contributed by atoms with Crippen molar-refractivity contribution in [3.05, 3.63) is 12.3 Å². The van der Waals surface area contributed by atoms with Gasteiger partial charge in [0.05, 0.1) is 18.3 Å². The van der Waals surface area contributed by atoms with Gasteiger partial charge in [0.15, 0.2) is 5.03 Å². The number of rotatable bonds is 4. The molecule has 1 aromatic rings. The van der Waals surface area contributed by atoms with Crippen LogP contribution in [-0.2, 0) is 21.8 Å². The predicted molar refractivity (Wildman–Crippen MR) is 63.4 cm³/mol. The van der Waals surface area contributed by atoms with Crippen molar-refractivity contribution < 1.29 is 18.3 Å². The van der Waals surface area contributed by atoms with Crippen LogP contribution in [0.3, 0.4) is 0 Å². The Kier molecular flexibility index (Phi) is 3.71. The molecular formula is C10H17N3O4S. The Morgan fingerprint density at radius 2 is 2.22 bits per heavy atom. The van der Waals surface area contributed by atoms with Gasteiger partial charge in [0.1, 0.15) is 0 Å². The SMILES string of the molecule is Cn1nccc1S(=O)(=O)NC1(CO)CCOCC1. The minimum atomic E-state index is -3.68. The van der Waals surface area contributed by atoms with Crippen molar-refractivity contribution in [2.45, 2.75) is 23.4 Å². The third kappa shape index (κ3) is 2.56. The van der Waals surface area contributed by atoms with E-state index in [9.17, 15) is 13.5 Å². The lowest BCUT2D eigenvalue weighted by Gasteiger charge is -2.35. The van der Waals surface area contributed by atoms with Gasteiger partial charge in [0.2, 0.25) is 0 Å². The number of aryl methyl sites for hydroxylation is 1. The summed E-state index contributed by atoms with van der Waals surface area (Å²) in [6, 6.07) is 1.42. The van der Waals surface area contributed by atoms with Gasteiger partial charge in [-0.05, 0) is 18.9 Å². The van der Waals surface area contributed by atoms with Crippen LogP contribution in [-0.4, -0.2) is 48.7 Å². The molecular weight excluding hydrogens is 258 g/mol. The summed E-state index contributed by atoms with van der Waals surface area (Å²) in [5.41, 5.74) is -0.832. The Hall–Kier alpha value is -0.960. The fourth-order valence-corrected chi connectivity index (χ4v) is 3.60. The van der Waals surface area contributed by atoms with Crippen LogP contribution in [0.2, 0.25) is 0 Å².